The summed E-state index contributed by atoms with van der Waals surface area (Å²) in [5.41, 5.74) is -0.426. The molecule has 0 aromatic heterocycles. The van der Waals surface area contributed by atoms with Gasteiger partial charge in [-0.2, -0.15) is 0 Å². The van der Waals surface area contributed by atoms with E-state index in [2.05, 4.69) is 24.1 Å². The van der Waals surface area contributed by atoms with E-state index < -0.39 is 5.60 Å². The minimum atomic E-state index is -0.426. The van der Waals surface area contributed by atoms with Crippen LogP contribution in [0.25, 0.3) is 0 Å². The SMILES string of the molecule is CCNC(=NCC1CCN(C(=O)OC(C)(C)C)CC1)N1CCC(C)CC1. The Kier molecular flexibility index (Phi) is 7.59. The summed E-state index contributed by atoms with van der Waals surface area (Å²) in [4.78, 5) is 21.3. The maximum atomic E-state index is 12.2. The van der Waals surface area contributed by atoms with Crippen molar-refractivity contribution >= 4 is 12.1 Å². The van der Waals surface area contributed by atoms with E-state index in [9.17, 15) is 4.79 Å². The number of amides is 1. The number of hydrogen-bond donors (Lipinski definition) is 1. The van der Waals surface area contributed by atoms with Crippen molar-refractivity contribution in [3.63, 3.8) is 0 Å². The number of piperidine rings is 2. The molecule has 2 rings (SSSR count). The molecule has 1 N–H and O–H groups in total. The molecular weight excluding hydrogens is 328 g/mol. The van der Waals surface area contributed by atoms with E-state index in [0.29, 0.717) is 5.92 Å². The molecule has 6 nitrogen and oxygen atoms in total. The van der Waals surface area contributed by atoms with Crippen LogP contribution in [0.15, 0.2) is 4.99 Å². The number of hydrogen-bond acceptors (Lipinski definition) is 3. The van der Waals surface area contributed by atoms with Crippen LogP contribution in [0.3, 0.4) is 0 Å². The zero-order valence-electron chi connectivity index (χ0n) is 17.4. The summed E-state index contributed by atoms with van der Waals surface area (Å²) < 4.78 is 5.47. The first kappa shape index (κ1) is 20.8. The van der Waals surface area contributed by atoms with E-state index in [4.69, 9.17) is 9.73 Å². The molecule has 2 fully saturated rings. The Morgan fingerprint density at radius 2 is 1.65 bits per heavy atom. The predicted molar refractivity (Wildman–Crippen MR) is 106 cm³/mol. The van der Waals surface area contributed by atoms with Crippen LogP contribution < -0.4 is 5.32 Å². The van der Waals surface area contributed by atoms with Gasteiger partial charge in [0.15, 0.2) is 5.96 Å². The molecule has 0 unspecified atom stereocenters. The van der Waals surface area contributed by atoms with E-state index in [1.807, 2.05) is 25.7 Å². The standard InChI is InChI=1S/C20H38N4O2/c1-6-21-18(23-11-7-16(2)8-12-23)22-15-17-9-13-24(14-10-17)19(25)26-20(3,4)5/h16-17H,6-15H2,1-5H3,(H,21,22). The first-order chi connectivity index (χ1) is 12.3. The number of nitrogens with zero attached hydrogens (tertiary/aromatic N) is 3. The minimum Gasteiger partial charge on any atom is -0.444 e. The van der Waals surface area contributed by atoms with Gasteiger partial charge in [0.25, 0.3) is 0 Å². The van der Waals surface area contributed by atoms with Crippen molar-refractivity contribution in [2.75, 3.05) is 39.3 Å². The maximum absolute atomic E-state index is 12.2. The quantitative estimate of drug-likeness (QED) is 0.615. The molecule has 2 heterocycles. The number of aliphatic imine (C=N–C) groups is 1. The molecule has 0 aromatic rings. The van der Waals surface area contributed by atoms with Gasteiger partial charge < -0.3 is 19.9 Å². The van der Waals surface area contributed by atoms with Crippen molar-refractivity contribution < 1.29 is 9.53 Å². The highest BCUT2D eigenvalue weighted by Gasteiger charge is 2.27. The molecule has 0 radical (unpaired) electrons. The second kappa shape index (κ2) is 9.47. The van der Waals surface area contributed by atoms with Crippen LogP contribution in [0.2, 0.25) is 0 Å². The Bertz CT molecular complexity index is 471. The average molecular weight is 367 g/mol. The van der Waals surface area contributed by atoms with Gasteiger partial charge in [0.2, 0.25) is 0 Å². The molecule has 2 aliphatic heterocycles. The third kappa shape index (κ3) is 6.69. The van der Waals surface area contributed by atoms with Crippen LogP contribution in [-0.2, 0) is 4.74 Å². The number of nitrogens with one attached hydrogen (secondary N) is 1. The molecular formula is C20H38N4O2. The monoisotopic (exact) mass is 366 g/mol. The molecule has 0 bridgehead atoms. The van der Waals surface area contributed by atoms with Crippen molar-refractivity contribution in [2.24, 2.45) is 16.8 Å². The van der Waals surface area contributed by atoms with E-state index in [-0.39, 0.29) is 6.09 Å². The highest BCUT2D eigenvalue weighted by Crippen LogP contribution is 2.21. The maximum Gasteiger partial charge on any atom is 0.410 e. The van der Waals surface area contributed by atoms with Crippen LogP contribution in [0.1, 0.15) is 60.3 Å². The molecule has 6 heteroatoms. The van der Waals surface area contributed by atoms with Crippen LogP contribution >= 0.6 is 0 Å². The van der Waals surface area contributed by atoms with Crippen molar-refractivity contribution in [3.8, 4) is 0 Å². The minimum absolute atomic E-state index is 0.185. The zero-order chi connectivity index (χ0) is 19.2. The average Bonchev–Trinajstić information content (AvgIpc) is 2.58. The summed E-state index contributed by atoms with van der Waals surface area (Å²) in [5, 5.41) is 3.45. The van der Waals surface area contributed by atoms with Gasteiger partial charge in [0.1, 0.15) is 5.60 Å². The molecule has 0 aromatic carbocycles. The lowest BCUT2D eigenvalue weighted by Crippen LogP contribution is -2.46. The Morgan fingerprint density at radius 3 is 2.19 bits per heavy atom. The van der Waals surface area contributed by atoms with Gasteiger partial charge in [0, 0.05) is 39.3 Å². The third-order valence-electron chi connectivity index (χ3n) is 5.18. The van der Waals surface area contributed by atoms with E-state index >= 15 is 0 Å². The number of carbonyl (C=O) groups excluding carboxylic acids is 1. The Hall–Kier alpha value is -1.46. The summed E-state index contributed by atoms with van der Waals surface area (Å²) in [6, 6.07) is 0. The second-order valence-corrected chi connectivity index (χ2v) is 8.77. The molecule has 2 saturated heterocycles. The summed E-state index contributed by atoms with van der Waals surface area (Å²) in [5.74, 6) is 2.44. The van der Waals surface area contributed by atoms with Gasteiger partial charge in [-0.1, -0.05) is 6.92 Å². The molecule has 26 heavy (non-hydrogen) atoms. The molecule has 0 saturated carbocycles. The van der Waals surface area contributed by atoms with Gasteiger partial charge in [-0.15, -0.1) is 0 Å². The van der Waals surface area contributed by atoms with Crippen LogP contribution in [0.5, 0.6) is 0 Å². The normalized spacial score (nSPS) is 21.0. The van der Waals surface area contributed by atoms with E-state index in [1.54, 1.807) is 0 Å². The fourth-order valence-corrected chi connectivity index (χ4v) is 3.49. The van der Waals surface area contributed by atoms with Crippen molar-refractivity contribution in [2.45, 2.75) is 65.9 Å². The zero-order valence-corrected chi connectivity index (χ0v) is 17.4. The predicted octanol–water partition coefficient (Wildman–Crippen LogP) is 3.33. The third-order valence-corrected chi connectivity index (χ3v) is 5.18. The molecule has 0 aliphatic carbocycles. The molecule has 2 aliphatic rings. The fraction of sp³-hybridized carbons (Fsp3) is 0.900. The Balaban J connectivity index is 1.81. The van der Waals surface area contributed by atoms with Crippen LogP contribution in [0.4, 0.5) is 4.79 Å². The second-order valence-electron chi connectivity index (χ2n) is 8.77. The highest BCUT2D eigenvalue weighted by atomic mass is 16.6. The van der Waals surface area contributed by atoms with Crippen molar-refractivity contribution in [1.82, 2.24) is 15.1 Å². The molecule has 150 valence electrons. The Labute approximate surface area is 159 Å². The van der Waals surface area contributed by atoms with Gasteiger partial charge in [0.05, 0.1) is 0 Å². The number of ether oxygens (including phenoxy) is 1. The first-order valence-corrected chi connectivity index (χ1v) is 10.3. The first-order valence-electron chi connectivity index (χ1n) is 10.3. The van der Waals surface area contributed by atoms with E-state index in [1.165, 1.54) is 12.8 Å². The number of guanidine groups is 1. The van der Waals surface area contributed by atoms with Crippen molar-refractivity contribution in [1.29, 1.82) is 0 Å². The lowest BCUT2D eigenvalue weighted by Gasteiger charge is -2.34. The topological polar surface area (TPSA) is 57.2 Å². The lowest BCUT2D eigenvalue weighted by molar-refractivity contribution is 0.0187. The van der Waals surface area contributed by atoms with E-state index in [0.717, 1.165) is 64.0 Å². The van der Waals surface area contributed by atoms with Gasteiger partial charge in [-0.25, -0.2) is 4.79 Å². The number of likely N-dealkylation sites (tertiary alicyclic amines) is 2. The lowest BCUT2D eigenvalue weighted by atomic mass is 9.97. The Morgan fingerprint density at radius 1 is 1.08 bits per heavy atom. The molecule has 1 amide bonds. The highest BCUT2D eigenvalue weighted by molar-refractivity contribution is 5.80. The van der Waals surface area contributed by atoms with Crippen LogP contribution in [-0.4, -0.2) is 66.7 Å². The largest absolute Gasteiger partial charge is 0.444 e. The summed E-state index contributed by atoms with van der Waals surface area (Å²) in [6.45, 7) is 15.7. The van der Waals surface area contributed by atoms with Gasteiger partial charge in [-0.3, -0.25) is 4.99 Å². The summed E-state index contributed by atoms with van der Waals surface area (Å²) in [6.07, 6.45) is 4.31. The number of carbonyl (C=O) groups is 1. The van der Waals surface area contributed by atoms with Gasteiger partial charge >= 0.3 is 6.09 Å². The smallest absolute Gasteiger partial charge is 0.410 e. The van der Waals surface area contributed by atoms with Crippen molar-refractivity contribution in [3.05, 3.63) is 0 Å². The molecule has 0 spiro atoms. The fourth-order valence-electron chi connectivity index (χ4n) is 3.49. The van der Waals surface area contributed by atoms with Gasteiger partial charge in [-0.05, 0) is 65.2 Å². The number of rotatable bonds is 3. The summed E-state index contributed by atoms with van der Waals surface area (Å²) >= 11 is 0. The molecule has 0 atom stereocenters. The van der Waals surface area contributed by atoms with Crippen LogP contribution in [0, 0.1) is 11.8 Å². The summed E-state index contributed by atoms with van der Waals surface area (Å²) in [7, 11) is 0.